The maximum Gasteiger partial charge on any atom is 0.253 e. The van der Waals surface area contributed by atoms with Crippen molar-refractivity contribution < 1.29 is 36.0 Å². The Balaban J connectivity index is 1.43. The minimum absolute atomic E-state index is 0.0103. The molecule has 2 aliphatic heterocycles. The van der Waals surface area contributed by atoms with Crippen molar-refractivity contribution in [3.8, 4) is 11.8 Å². The molecule has 2 fully saturated rings. The van der Waals surface area contributed by atoms with Crippen LogP contribution >= 0.6 is 11.3 Å². The van der Waals surface area contributed by atoms with Crippen molar-refractivity contribution in [3.05, 3.63) is 87.6 Å². The first-order valence-electron chi connectivity index (χ1n) is 14.3. The quantitative estimate of drug-likeness (QED) is 0.286. The number of nitrogens with two attached hydrogens (primary N) is 1. The Morgan fingerprint density at radius 2 is 1.80 bits per heavy atom. The average molecular weight is 672 g/mol. The maximum atomic E-state index is 14.1. The maximum absolute atomic E-state index is 14.1. The van der Waals surface area contributed by atoms with Gasteiger partial charge in [0.2, 0.25) is 15.9 Å². The third-order valence-electron chi connectivity index (χ3n) is 7.77. The number of hydroxylamine groups is 1. The number of nitrogens with one attached hydrogen (secondary N) is 1. The summed E-state index contributed by atoms with van der Waals surface area (Å²) in [5.41, 5.74) is 3.38. The summed E-state index contributed by atoms with van der Waals surface area (Å²) in [5, 5.41) is 5.16. The smallest absolute Gasteiger partial charge is 0.253 e. The Kier molecular flexibility index (Phi) is 10.1. The van der Waals surface area contributed by atoms with Gasteiger partial charge in [0.05, 0.1) is 21.9 Å². The Labute approximate surface area is 266 Å². The second-order valence-electron chi connectivity index (χ2n) is 10.8. The van der Waals surface area contributed by atoms with Gasteiger partial charge in [-0.25, -0.2) is 32.3 Å². The Morgan fingerprint density at radius 3 is 2.49 bits per heavy atom. The molecular formula is C31H33N3O8S3. The van der Waals surface area contributed by atoms with Gasteiger partial charge in [-0.15, -0.1) is 11.3 Å². The average Bonchev–Trinajstić information content (AvgIpc) is 3.47. The molecule has 2 unspecified atom stereocenters. The number of hydrogen-bond acceptors (Lipinski definition) is 9. The van der Waals surface area contributed by atoms with Gasteiger partial charge < -0.3 is 9.64 Å². The minimum Gasteiger partial charge on any atom is -0.350 e. The summed E-state index contributed by atoms with van der Waals surface area (Å²) in [6.07, 6.45) is 1.36. The zero-order valence-corrected chi connectivity index (χ0v) is 26.8. The van der Waals surface area contributed by atoms with E-state index in [1.165, 1.54) is 29.2 Å². The zero-order chi connectivity index (χ0) is 32.1. The van der Waals surface area contributed by atoms with Crippen molar-refractivity contribution in [2.24, 2.45) is 5.14 Å². The number of benzene rings is 2. The monoisotopic (exact) mass is 671 g/mol. The third-order valence-corrected chi connectivity index (χ3v) is 12.5. The second kappa shape index (κ2) is 13.8. The van der Waals surface area contributed by atoms with Gasteiger partial charge in [-0.2, -0.15) is 0 Å². The molecular weight excluding hydrogens is 639 g/mol. The van der Waals surface area contributed by atoms with Gasteiger partial charge in [-0.1, -0.05) is 30.0 Å². The predicted octanol–water partition coefficient (Wildman–Crippen LogP) is 2.92. The molecule has 3 heterocycles. The molecule has 0 saturated carbocycles. The number of ether oxygens (including phenoxy) is 1. The van der Waals surface area contributed by atoms with Crippen molar-refractivity contribution in [2.45, 2.75) is 48.0 Å². The topological polar surface area (TPSA) is 162 Å². The summed E-state index contributed by atoms with van der Waals surface area (Å²) in [6, 6.07) is 17.7. The second-order valence-corrected chi connectivity index (χ2v) is 15.9. The molecule has 3 aromatic rings. The Hall–Kier alpha value is -3.58. The molecule has 1 aromatic heterocycles. The van der Waals surface area contributed by atoms with E-state index in [4.69, 9.17) is 14.7 Å². The van der Waals surface area contributed by atoms with Crippen LogP contribution in [0.5, 0.6) is 0 Å². The lowest BCUT2D eigenvalue weighted by Gasteiger charge is -2.31. The van der Waals surface area contributed by atoms with Gasteiger partial charge in [0.15, 0.2) is 16.1 Å². The van der Waals surface area contributed by atoms with Crippen LogP contribution in [0.4, 0.5) is 0 Å². The number of thiophene rings is 1. The molecule has 5 rings (SSSR count). The number of hydrogen-bond donors (Lipinski definition) is 2. The Morgan fingerprint density at radius 1 is 1.04 bits per heavy atom. The van der Waals surface area contributed by atoms with E-state index in [1.54, 1.807) is 42.5 Å². The van der Waals surface area contributed by atoms with E-state index in [9.17, 15) is 26.4 Å². The zero-order valence-electron chi connectivity index (χ0n) is 24.3. The molecule has 0 radical (unpaired) electrons. The summed E-state index contributed by atoms with van der Waals surface area (Å²) in [7, 11) is -7.82. The van der Waals surface area contributed by atoms with Crippen molar-refractivity contribution in [1.82, 2.24) is 10.4 Å². The molecule has 0 bridgehead atoms. The normalized spacial score (nSPS) is 21.6. The van der Waals surface area contributed by atoms with Gasteiger partial charge in [-0.3, -0.25) is 9.59 Å². The molecule has 3 N–H and O–H groups in total. The molecule has 0 spiro atoms. The molecule has 238 valence electrons. The van der Waals surface area contributed by atoms with E-state index in [1.807, 2.05) is 0 Å². The number of nitrogens with zero attached hydrogens (tertiary/aromatic N) is 1. The number of carbonyl (C=O) groups excluding carboxylic acids is 2. The lowest BCUT2D eigenvalue weighted by atomic mass is 9.97. The highest BCUT2D eigenvalue weighted by atomic mass is 32.2. The van der Waals surface area contributed by atoms with Gasteiger partial charge >= 0.3 is 0 Å². The SMILES string of the molecule is NS(=O)(=O)c1ccc(C#Cc2ccc(C3(CC(=O)NOC4CCCCO4)CCN(C(=O)c4ccccc4)CCS3(=O)=O)s2)cc1. The lowest BCUT2D eigenvalue weighted by Crippen LogP contribution is -2.43. The third kappa shape index (κ3) is 7.81. The van der Waals surface area contributed by atoms with Crippen LogP contribution < -0.4 is 10.6 Å². The van der Waals surface area contributed by atoms with Crippen LogP contribution in [0.3, 0.4) is 0 Å². The van der Waals surface area contributed by atoms with Gasteiger partial charge in [0.1, 0.15) is 4.75 Å². The first kappa shape index (κ1) is 32.8. The summed E-state index contributed by atoms with van der Waals surface area (Å²) < 4.78 is 55.2. The number of carbonyl (C=O) groups is 2. The van der Waals surface area contributed by atoms with Crippen molar-refractivity contribution in [1.29, 1.82) is 0 Å². The van der Waals surface area contributed by atoms with Crippen LogP contribution in [0.15, 0.2) is 71.6 Å². The molecule has 0 aliphatic carbocycles. The molecule has 2 aromatic carbocycles. The highest BCUT2D eigenvalue weighted by molar-refractivity contribution is 7.92. The van der Waals surface area contributed by atoms with E-state index >= 15 is 0 Å². The predicted molar refractivity (Wildman–Crippen MR) is 168 cm³/mol. The van der Waals surface area contributed by atoms with Crippen molar-refractivity contribution in [2.75, 3.05) is 25.4 Å². The summed E-state index contributed by atoms with van der Waals surface area (Å²) in [4.78, 5) is 34.5. The van der Waals surface area contributed by atoms with Crippen molar-refractivity contribution >= 4 is 43.0 Å². The van der Waals surface area contributed by atoms with E-state index in [2.05, 4.69) is 17.3 Å². The Bertz CT molecular complexity index is 1810. The highest BCUT2D eigenvalue weighted by Gasteiger charge is 2.50. The summed E-state index contributed by atoms with van der Waals surface area (Å²) in [6.45, 7) is 0.611. The van der Waals surface area contributed by atoms with E-state index in [0.717, 1.165) is 24.2 Å². The summed E-state index contributed by atoms with van der Waals surface area (Å²) in [5.74, 6) is 4.71. The molecule has 11 nitrogen and oxygen atoms in total. The standard InChI is InChI=1S/C31H33N3O8S3/c32-45(39,40)26-14-10-23(11-15-26)9-12-25-13-16-27(43-25)31(22-28(35)33-42-29-8-4-5-20-41-29)17-18-34(19-21-44(31,37)38)30(36)24-6-2-1-3-7-24/h1-3,6-7,10-11,13-16,29H,4-5,8,17-22H2,(H,33,35)(H2,32,39,40). The molecule has 45 heavy (non-hydrogen) atoms. The van der Waals surface area contributed by atoms with Crippen LogP contribution in [0.1, 0.15) is 57.8 Å². The summed E-state index contributed by atoms with van der Waals surface area (Å²) >= 11 is 1.15. The van der Waals surface area contributed by atoms with Crippen LogP contribution in [-0.2, 0) is 39.0 Å². The number of sulfonamides is 1. The molecule has 2 saturated heterocycles. The van der Waals surface area contributed by atoms with Crippen LogP contribution in [0, 0.1) is 11.8 Å². The van der Waals surface area contributed by atoms with Crippen LogP contribution in [-0.4, -0.2) is 65.3 Å². The molecule has 2 amide bonds. The first-order chi connectivity index (χ1) is 21.5. The van der Waals surface area contributed by atoms with Gasteiger partial charge in [-0.05, 0) is 67.8 Å². The largest absolute Gasteiger partial charge is 0.350 e. The highest BCUT2D eigenvalue weighted by Crippen LogP contribution is 2.43. The van der Waals surface area contributed by atoms with Gasteiger partial charge in [0, 0.05) is 42.1 Å². The fourth-order valence-electron chi connectivity index (χ4n) is 5.28. The first-order valence-corrected chi connectivity index (χ1v) is 18.4. The molecule has 14 heteroatoms. The van der Waals surface area contributed by atoms with E-state index in [-0.39, 0.29) is 36.1 Å². The minimum atomic E-state index is -3.98. The van der Waals surface area contributed by atoms with Gasteiger partial charge in [0.25, 0.3) is 5.91 Å². The van der Waals surface area contributed by atoms with E-state index in [0.29, 0.717) is 33.9 Å². The van der Waals surface area contributed by atoms with Crippen LogP contribution in [0.25, 0.3) is 0 Å². The number of sulfone groups is 1. The molecule has 2 aliphatic rings. The fourth-order valence-corrected chi connectivity index (χ4v) is 9.25. The number of amides is 2. The fraction of sp³-hybridized carbons (Fsp3) is 0.355. The van der Waals surface area contributed by atoms with E-state index < -0.39 is 43.2 Å². The molecule has 2 atom stereocenters. The number of rotatable bonds is 7. The number of primary sulfonamides is 1. The van der Waals surface area contributed by atoms with Crippen LogP contribution in [0.2, 0.25) is 0 Å². The van der Waals surface area contributed by atoms with Crippen molar-refractivity contribution in [3.63, 3.8) is 0 Å². The lowest BCUT2D eigenvalue weighted by molar-refractivity contribution is -0.200.